The number of nitrogens with zero attached hydrogens (tertiary/aromatic N) is 3. The zero-order chi connectivity index (χ0) is 19.9. The highest BCUT2D eigenvalue weighted by Crippen LogP contribution is 2.18. The van der Waals surface area contributed by atoms with Crippen molar-refractivity contribution in [1.29, 1.82) is 0 Å². The molecule has 0 aliphatic carbocycles. The monoisotopic (exact) mass is 415 g/mol. The maximum Gasteiger partial charge on any atom is 0.269 e. The average Bonchev–Trinajstić information content (AvgIpc) is 3.05. The van der Waals surface area contributed by atoms with Gasteiger partial charge in [0.1, 0.15) is 5.82 Å². The van der Waals surface area contributed by atoms with Crippen LogP contribution >= 0.6 is 23.4 Å². The molecule has 1 aromatic heterocycles. The fraction of sp³-hybridized carbons (Fsp3) is 0.158. The minimum Gasteiger partial charge on any atom is -0.302 e. The van der Waals surface area contributed by atoms with Crippen LogP contribution in [0.5, 0.6) is 0 Å². The maximum absolute atomic E-state index is 12.1. The summed E-state index contributed by atoms with van der Waals surface area (Å²) in [5, 5.41) is 9.30. The second-order valence-corrected chi connectivity index (χ2v) is 7.28. The number of rotatable bonds is 6. The molecule has 0 aliphatic heterocycles. The Balaban J connectivity index is 1.53. The summed E-state index contributed by atoms with van der Waals surface area (Å²) in [6.45, 7) is 2.49. The molecule has 3 rings (SSSR count). The highest BCUT2D eigenvalue weighted by molar-refractivity contribution is 7.99. The summed E-state index contributed by atoms with van der Waals surface area (Å²) >= 11 is 7.11. The molecule has 0 unspecified atom stereocenters. The Bertz CT molecular complexity index is 977. The van der Waals surface area contributed by atoms with Crippen LogP contribution in [0.3, 0.4) is 0 Å². The predicted octanol–water partition coefficient (Wildman–Crippen LogP) is 2.84. The summed E-state index contributed by atoms with van der Waals surface area (Å²) in [4.78, 5) is 24.1. The lowest BCUT2D eigenvalue weighted by atomic mass is 10.2. The largest absolute Gasteiger partial charge is 0.302 e. The fourth-order valence-corrected chi connectivity index (χ4v) is 3.38. The van der Waals surface area contributed by atoms with Crippen LogP contribution in [0.2, 0.25) is 5.02 Å². The Labute approximate surface area is 171 Å². The van der Waals surface area contributed by atoms with E-state index >= 15 is 0 Å². The van der Waals surface area contributed by atoms with Crippen molar-refractivity contribution in [3.8, 4) is 0 Å². The molecule has 0 fully saturated rings. The number of hydrogen-bond acceptors (Lipinski definition) is 5. The minimum absolute atomic E-state index is 0.0861. The number of thioether (sulfide) groups is 1. The quantitative estimate of drug-likeness (QED) is 0.477. The molecule has 2 amide bonds. The minimum atomic E-state index is -0.441. The van der Waals surface area contributed by atoms with Crippen LogP contribution in [0, 0.1) is 6.92 Å². The number of benzene rings is 2. The zero-order valence-corrected chi connectivity index (χ0v) is 16.6. The molecule has 1 heterocycles. The van der Waals surface area contributed by atoms with Crippen molar-refractivity contribution < 1.29 is 9.59 Å². The van der Waals surface area contributed by atoms with Gasteiger partial charge in [-0.1, -0.05) is 59.8 Å². The van der Waals surface area contributed by atoms with Gasteiger partial charge in [-0.2, -0.15) is 0 Å². The Morgan fingerprint density at radius 3 is 2.61 bits per heavy atom. The zero-order valence-electron chi connectivity index (χ0n) is 15.1. The fourth-order valence-electron chi connectivity index (χ4n) is 2.41. The molecule has 0 bridgehead atoms. The number of halogens is 1. The summed E-state index contributed by atoms with van der Waals surface area (Å²) < 4.78 is 1.94. The Hall–Kier alpha value is -2.84. The van der Waals surface area contributed by atoms with Gasteiger partial charge < -0.3 is 4.57 Å². The van der Waals surface area contributed by atoms with Crippen molar-refractivity contribution in [2.45, 2.75) is 18.6 Å². The molecule has 0 spiro atoms. The predicted molar refractivity (Wildman–Crippen MR) is 108 cm³/mol. The molecule has 28 heavy (non-hydrogen) atoms. The van der Waals surface area contributed by atoms with Crippen LogP contribution in [0.25, 0.3) is 0 Å². The van der Waals surface area contributed by atoms with E-state index in [4.69, 9.17) is 11.6 Å². The lowest BCUT2D eigenvalue weighted by Gasteiger charge is -2.09. The molecule has 2 aromatic carbocycles. The molecule has 7 nitrogen and oxygen atoms in total. The van der Waals surface area contributed by atoms with Gasteiger partial charge in [-0.15, -0.1) is 10.2 Å². The molecule has 0 saturated heterocycles. The van der Waals surface area contributed by atoms with Gasteiger partial charge in [0.15, 0.2) is 5.16 Å². The molecule has 0 aliphatic rings. The summed E-state index contributed by atoms with van der Waals surface area (Å²) in [6.07, 6.45) is 0. The molecule has 0 saturated carbocycles. The van der Waals surface area contributed by atoms with Crippen molar-refractivity contribution in [1.82, 2.24) is 25.6 Å². The highest BCUT2D eigenvalue weighted by atomic mass is 35.5. The average molecular weight is 416 g/mol. The van der Waals surface area contributed by atoms with E-state index in [0.717, 1.165) is 11.4 Å². The lowest BCUT2D eigenvalue weighted by Crippen LogP contribution is -2.42. The van der Waals surface area contributed by atoms with E-state index < -0.39 is 5.91 Å². The van der Waals surface area contributed by atoms with E-state index in [1.807, 2.05) is 41.8 Å². The molecular weight excluding hydrogens is 398 g/mol. The third-order valence-electron chi connectivity index (χ3n) is 3.82. The first-order valence-corrected chi connectivity index (χ1v) is 9.80. The van der Waals surface area contributed by atoms with E-state index in [2.05, 4.69) is 21.0 Å². The number of carbonyl (C=O) groups excluding carboxylic acids is 2. The van der Waals surface area contributed by atoms with Gasteiger partial charge in [0, 0.05) is 10.6 Å². The molecular formula is C19H18ClN5O2S. The summed E-state index contributed by atoms with van der Waals surface area (Å²) in [5.41, 5.74) is 6.23. The van der Waals surface area contributed by atoms with E-state index in [1.165, 1.54) is 17.8 Å². The topological polar surface area (TPSA) is 88.9 Å². The standard InChI is InChI=1S/C19H18ClN5O2S/c1-13-21-24-19(25(13)11-14-6-3-2-4-7-14)28-12-17(26)22-23-18(27)15-8-5-9-16(20)10-15/h2-10H,11-12H2,1H3,(H,22,26)(H,23,27). The Morgan fingerprint density at radius 2 is 1.86 bits per heavy atom. The molecule has 0 atom stereocenters. The van der Waals surface area contributed by atoms with Crippen LogP contribution in [-0.2, 0) is 11.3 Å². The lowest BCUT2D eigenvalue weighted by molar-refractivity contribution is -0.119. The van der Waals surface area contributed by atoms with Gasteiger partial charge >= 0.3 is 0 Å². The van der Waals surface area contributed by atoms with E-state index in [9.17, 15) is 9.59 Å². The van der Waals surface area contributed by atoms with E-state index in [0.29, 0.717) is 22.3 Å². The first-order valence-electron chi connectivity index (χ1n) is 8.44. The molecule has 144 valence electrons. The van der Waals surface area contributed by atoms with E-state index in [1.54, 1.807) is 18.2 Å². The van der Waals surface area contributed by atoms with Crippen LogP contribution in [0.15, 0.2) is 59.8 Å². The van der Waals surface area contributed by atoms with Crippen LogP contribution in [0.1, 0.15) is 21.7 Å². The number of carbonyl (C=O) groups is 2. The number of aromatic nitrogens is 3. The maximum atomic E-state index is 12.1. The Kier molecular flexibility index (Phi) is 6.67. The van der Waals surface area contributed by atoms with Crippen LogP contribution in [0.4, 0.5) is 0 Å². The third-order valence-corrected chi connectivity index (χ3v) is 5.02. The van der Waals surface area contributed by atoms with Crippen molar-refractivity contribution in [3.05, 3.63) is 76.6 Å². The van der Waals surface area contributed by atoms with Crippen LogP contribution < -0.4 is 10.9 Å². The van der Waals surface area contributed by atoms with Crippen molar-refractivity contribution >= 4 is 35.2 Å². The smallest absolute Gasteiger partial charge is 0.269 e. The number of hydrogen-bond donors (Lipinski definition) is 2. The molecule has 9 heteroatoms. The van der Waals surface area contributed by atoms with Crippen molar-refractivity contribution in [2.24, 2.45) is 0 Å². The number of hydrazine groups is 1. The first-order chi connectivity index (χ1) is 13.5. The van der Waals surface area contributed by atoms with Gasteiger partial charge in [0.2, 0.25) is 5.91 Å². The van der Waals surface area contributed by atoms with Gasteiger partial charge in [-0.3, -0.25) is 20.4 Å². The summed E-state index contributed by atoms with van der Waals surface area (Å²) in [7, 11) is 0. The van der Waals surface area contributed by atoms with Gasteiger partial charge in [-0.25, -0.2) is 0 Å². The number of nitrogens with one attached hydrogen (secondary N) is 2. The van der Waals surface area contributed by atoms with Gasteiger partial charge in [0.05, 0.1) is 12.3 Å². The molecule has 2 N–H and O–H groups in total. The van der Waals surface area contributed by atoms with Crippen molar-refractivity contribution in [3.63, 3.8) is 0 Å². The van der Waals surface area contributed by atoms with Gasteiger partial charge in [-0.05, 0) is 30.7 Å². The Morgan fingerprint density at radius 1 is 1.07 bits per heavy atom. The number of aryl methyl sites for hydroxylation is 1. The normalized spacial score (nSPS) is 10.5. The molecule has 3 aromatic rings. The molecule has 0 radical (unpaired) electrons. The highest BCUT2D eigenvalue weighted by Gasteiger charge is 2.13. The number of amides is 2. The van der Waals surface area contributed by atoms with Crippen molar-refractivity contribution in [2.75, 3.05) is 5.75 Å². The first kappa shape index (κ1) is 19.9. The van der Waals surface area contributed by atoms with E-state index in [-0.39, 0.29) is 11.7 Å². The second kappa shape index (κ2) is 9.38. The summed E-state index contributed by atoms with van der Waals surface area (Å²) in [5.74, 6) is 0.0557. The SMILES string of the molecule is Cc1nnc(SCC(=O)NNC(=O)c2cccc(Cl)c2)n1Cc1ccccc1. The third kappa shape index (κ3) is 5.34. The van der Waals surface area contributed by atoms with Gasteiger partial charge in [0.25, 0.3) is 5.91 Å². The summed E-state index contributed by atoms with van der Waals surface area (Å²) in [6, 6.07) is 16.4. The second-order valence-electron chi connectivity index (χ2n) is 5.90. The van der Waals surface area contributed by atoms with Crippen LogP contribution in [-0.4, -0.2) is 32.3 Å².